The van der Waals surface area contributed by atoms with Crippen molar-refractivity contribution in [1.29, 1.82) is 0 Å². The van der Waals surface area contributed by atoms with Crippen molar-refractivity contribution >= 4 is 11.8 Å². The molecule has 1 atom stereocenters. The molecule has 1 aliphatic heterocycles. The number of amides is 2. The van der Waals surface area contributed by atoms with Gasteiger partial charge in [0.2, 0.25) is 11.8 Å². The average Bonchev–Trinajstić information content (AvgIpc) is 2.65. The molecule has 1 aromatic rings. The summed E-state index contributed by atoms with van der Waals surface area (Å²) in [4.78, 5) is 28.1. The molecule has 0 saturated carbocycles. The maximum Gasteiger partial charge on any atom is 0.226 e. The molecule has 1 fully saturated rings. The third-order valence-electron chi connectivity index (χ3n) is 4.51. The van der Waals surface area contributed by atoms with E-state index in [0.717, 1.165) is 11.3 Å². The highest BCUT2D eigenvalue weighted by Crippen LogP contribution is 2.14. The predicted molar refractivity (Wildman–Crippen MR) is 92.7 cm³/mol. The Morgan fingerprint density at radius 3 is 2.25 bits per heavy atom. The van der Waals surface area contributed by atoms with Gasteiger partial charge in [-0.15, -0.1) is 0 Å². The molecule has 2 rings (SSSR count). The number of nitrogens with two attached hydrogens (primary N) is 1. The van der Waals surface area contributed by atoms with Crippen molar-refractivity contribution in [2.24, 2.45) is 11.7 Å². The van der Waals surface area contributed by atoms with E-state index in [1.165, 1.54) is 0 Å². The molecule has 0 aliphatic carbocycles. The number of aryl methyl sites for hydroxylation is 1. The monoisotopic (exact) mass is 333 g/mol. The summed E-state index contributed by atoms with van der Waals surface area (Å²) >= 11 is 0. The Bertz CT molecular complexity index is 551. The molecular formula is C18H27N3O3. The second-order valence-electron chi connectivity index (χ2n) is 6.19. The minimum atomic E-state index is -0.151. The molecule has 1 heterocycles. The number of benzene rings is 1. The molecule has 24 heavy (non-hydrogen) atoms. The van der Waals surface area contributed by atoms with Crippen LogP contribution in [0.3, 0.4) is 0 Å². The number of methoxy groups -OCH3 is 1. The van der Waals surface area contributed by atoms with Gasteiger partial charge in [-0.25, -0.2) is 0 Å². The van der Waals surface area contributed by atoms with Gasteiger partial charge < -0.3 is 20.3 Å². The summed E-state index contributed by atoms with van der Waals surface area (Å²) in [6.07, 6.45) is 1.20. The Morgan fingerprint density at radius 1 is 1.12 bits per heavy atom. The van der Waals surface area contributed by atoms with Gasteiger partial charge in [0, 0.05) is 45.1 Å². The summed E-state index contributed by atoms with van der Waals surface area (Å²) in [6.45, 7) is 4.60. The van der Waals surface area contributed by atoms with Crippen molar-refractivity contribution in [2.45, 2.75) is 19.8 Å². The van der Waals surface area contributed by atoms with Crippen molar-refractivity contribution in [2.75, 3.05) is 39.8 Å². The van der Waals surface area contributed by atoms with Gasteiger partial charge in [-0.1, -0.05) is 19.1 Å². The van der Waals surface area contributed by atoms with Crippen LogP contribution < -0.4 is 10.5 Å². The Balaban J connectivity index is 1.77. The van der Waals surface area contributed by atoms with Crippen LogP contribution in [-0.4, -0.2) is 61.4 Å². The lowest BCUT2D eigenvalue weighted by Gasteiger charge is -2.36. The summed E-state index contributed by atoms with van der Waals surface area (Å²) in [6, 6.07) is 7.78. The number of carbonyl (C=O) groups excluding carboxylic acids is 2. The quantitative estimate of drug-likeness (QED) is 0.839. The molecule has 1 aliphatic rings. The maximum absolute atomic E-state index is 12.3. The second-order valence-corrected chi connectivity index (χ2v) is 6.19. The highest BCUT2D eigenvalue weighted by molar-refractivity contribution is 5.80. The zero-order chi connectivity index (χ0) is 17.5. The highest BCUT2D eigenvalue weighted by atomic mass is 16.5. The van der Waals surface area contributed by atoms with Crippen LogP contribution >= 0.6 is 0 Å². The molecule has 2 N–H and O–H groups in total. The first-order valence-electron chi connectivity index (χ1n) is 8.44. The maximum atomic E-state index is 12.3. The van der Waals surface area contributed by atoms with Crippen LogP contribution in [0.5, 0.6) is 5.75 Å². The molecule has 6 heteroatoms. The molecule has 1 aromatic carbocycles. The van der Waals surface area contributed by atoms with Gasteiger partial charge >= 0.3 is 0 Å². The first-order valence-corrected chi connectivity index (χ1v) is 8.44. The second kappa shape index (κ2) is 8.68. The van der Waals surface area contributed by atoms with Gasteiger partial charge in [0.25, 0.3) is 0 Å². The topological polar surface area (TPSA) is 75.9 Å². The lowest BCUT2D eigenvalue weighted by molar-refractivity contribution is -0.141. The van der Waals surface area contributed by atoms with Crippen LogP contribution in [0.1, 0.15) is 18.9 Å². The number of hydrogen-bond donors (Lipinski definition) is 1. The van der Waals surface area contributed by atoms with Crippen molar-refractivity contribution in [1.82, 2.24) is 9.80 Å². The molecule has 6 nitrogen and oxygen atoms in total. The van der Waals surface area contributed by atoms with Gasteiger partial charge in [-0.3, -0.25) is 9.59 Å². The minimum Gasteiger partial charge on any atom is -0.497 e. The van der Waals surface area contributed by atoms with Gasteiger partial charge in [0.15, 0.2) is 0 Å². The van der Waals surface area contributed by atoms with E-state index >= 15 is 0 Å². The smallest absolute Gasteiger partial charge is 0.226 e. The Kier molecular flexibility index (Phi) is 6.61. The van der Waals surface area contributed by atoms with E-state index in [1.807, 2.05) is 41.0 Å². The Labute approximate surface area is 143 Å². The number of rotatable bonds is 6. The van der Waals surface area contributed by atoms with E-state index in [9.17, 15) is 9.59 Å². The zero-order valence-electron chi connectivity index (χ0n) is 14.5. The summed E-state index contributed by atoms with van der Waals surface area (Å²) < 4.78 is 5.13. The first kappa shape index (κ1) is 18.3. The largest absolute Gasteiger partial charge is 0.497 e. The Hall–Kier alpha value is -2.08. The number of nitrogens with zero attached hydrogens (tertiary/aromatic N) is 2. The van der Waals surface area contributed by atoms with Crippen molar-refractivity contribution in [3.05, 3.63) is 29.8 Å². The van der Waals surface area contributed by atoms with Gasteiger partial charge in [-0.05, 0) is 24.1 Å². The fraction of sp³-hybridized carbons (Fsp3) is 0.556. The van der Waals surface area contributed by atoms with E-state index < -0.39 is 0 Å². The summed E-state index contributed by atoms with van der Waals surface area (Å²) in [5.41, 5.74) is 6.67. The standard InChI is InChI=1S/C18H27N3O3/c1-14(13-19)18(23)21-11-9-20(10-12-21)17(22)8-5-15-3-6-16(24-2)7-4-15/h3-4,6-7,14H,5,8-13,19H2,1-2H3. The van der Waals surface area contributed by atoms with Crippen LogP contribution in [0.25, 0.3) is 0 Å². The van der Waals surface area contributed by atoms with Crippen LogP contribution in [0.15, 0.2) is 24.3 Å². The van der Waals surface area contributed by atoms with Gasteiger partial charge in [-0.2, -0.15) is 0 Å². The fourth-order valence-electron chi connectivity index (χ4n) is 2.79. The number of carbonyl (C=O) groups is 2. The zero-order valence-corrected chi connectivity index (χ0v) is 14.5. The molecule has 0 radical (unpaired) electrons. The van der Waals surface area contributed by atoms with Crippen molar-refractivity contribution in [3.63, 3.8) is 0 Å². The van der Waals surface area contributed by atoms with E-state index in [4.69, 9.17) is 10.5 Å². The van der Waals surface area contributed by atoms with E-state index in [-0.39, 0.29) is 17.7 Å². The molecular weight excluding hydrogens is 306 g/mol. The average molecular weight is 333 g/mol. The van der Waals surface area contributed by atoms with Crippen LogP contribution in [-0.2, 0) is 16.0 Å². The molecule has 0 spiro atoms. The van der Waals surface area contributed by atoms with E-state index in [0.29, 0.717) is 45.6 Å². The fourth-order valence-corrected chi connectivity index (χ4v) is 2.79. The van der Waals surface area contributed by atoms with Crippen LogP contribution in [0.4, 0.5) is 0 Å². The number of hydrogen-bond acceptors (Lipinski definition) is 4. The van der Waals surface area contributed by atoms with Crippen molar-refractivity contribution in [3.8, 4) is 5.75 Å². The van der Waals surface area contributed by atoms with Gasteiger partial charge in [0.05, 0.1) is 7.11 Å². The highest BCUT2D eigenvalue weighted by Gasteiger charge is 2.26. The predicted octanol–water partition coefficient (Wildman–Crippen LogP) is 0.893. The SMILES string of the molecule is COc1ccc(CCC(=O)N2CCN(C(=O)C(C)CN)CC2)cc1. The third-order valence-corrected chi connectivity index (χ3v) is 4.51. The molecule has 0 aromatic heterocycles. The summed E-state index contributed by atoms with van der Waals surface area (Å²) in [7, 11) is 1.64. The van der Waals surface area contributed by atoms with E-state index in [1.54, 1.807) is 7.11 Å². The number of ether oxygens (including phenoxy) is 1. The summed E-state index contributed by atoms with van der Waals surface area (Å²) in [5, 5.41) is 0. The van der Waals surface area contributed by atoms with Crippen LogP contribution in [0, 0.1) is 5.92 Å². The minimum absolute atomic E-state index is 0.0860. The molecule has 132 valence electrons. The Morgan fingerprint density at radius 2 is 1.71 bits per heavy atom. The third kappa shape index (κ3) is 4.71. The normalized spacial score (nSPS) is 16.0. The molecule has 1 unspecified atom stereocenters. The van der Waals surface area contributed by atoms with Crippen LogP contribution in [0.2, 0.25) is 0 Å². The summed E-state index contributed by atoms with van der Waals surface area (Å²) in [5.74, 6) is 0.896. The molecule has 0 bridgehead atoms. The van der Waals surface area contributed by atoms with Gasteiger partial charge in [0.1, 0.15) is 5.75 Å². The van der Waals surface area contributed by atoms with Crippen molar-refractivity contribution < 1.29 is 14.3 Å². The molecule has 2 amide bonds. The number of piperazine rings is 1. The lowest BCUT2D eigenvalue weighted by atomic mass is 10.1. The lowest BCUT2D eigenvalue weighted by Crippen LogP contribution is -2.52. The first-order chi connectivity index (χ1) is 11.5. The van der Waals surface area contributed by atoms with E-state index in [2.05, 4.69) is 0 Å². The molecule has 1 saturated heterocycles.